The van der Waals surface area contributed by atoms with Crippen LogP contribution in [0.4, 0.5) is 5.69 Å². The highest BCUT2D eigenvalue weighted by atomic mass is 16.4. The predicted octanol–water partition coefficient (Wildman–Crippen LogP) is 5.17. The standard InChI is InChI=1S/C26H24N2O3/c1-2-21(18-12-6-3-7-13-18)28-24(19-14-8-4-9-15-19)22(26(30)31)23(25(28)29)27-20-16-10-5-11-17-20/h3-17,21,24,27H,2H2,1H3,(H,30,31). The molecule has 1 heterocycles. The molecule has 3 aromatic rings. The van der Waals surface area contributed by atoms with E-state index in [4.69, 9.17) is 0 Å². The molecule has 2 unspecified atom stereocenters. The van der Waals surface area contributed by atoms with Crippen molar-refractivity contribution >= 4 is 17.6 Å². The molecule has 1 aliphatic heterocycles. The molecule has 4 rings (SSSR count). The summed E-state index contributed by atoms with van der Waals surface area (Å²) in [4.78, 5) is 27.9. The zero-order chi connectivity index (χ0) is 21.8. The molecule has 0 radical (unpaired) electrons. The van der Waals surface area contributed by atoms with Crippen molar-refractivity contribution in [2.24, 2.45) is 0 Å². The lowest BCUT2D eigenvalue weighted by Crippen LogP contribution is -2.35. The number of amides is 1. The third-order valence-corrected chi connectivity index (χ3v) is 5.56. The largest absolute Gasteiger partial charge is 0.478 e. The summed E-state index contributed by atoms with van der Waals surface area (Å²) in [5.41, 5.74) is 2.60. The van der Waals surface area contributed by atoms with Gasteiger partial charge in [0.1, 0.15) is 5.70 Å². The lowest BCUT2D eigenvalue weighted by atomic mass is 9.95. The Hall–Kier alpha value is -3.86. The van der Waals surface area contributed by atoms with Crippen LogP contribution in [-0.4, -0.2) is 21.9 Å². The topological polar surface area (TPSA) is 69.6 Å². The fourth-order valence-electron chi connectivity index (χ4n) is 4.20. The number of anilines is 1. The Morgan fingerprint density at radius 1 is 0.935 bits per heavy atom. The van der Waals surface area contributed by atoms with E-state index in [0.29, 0.717) is 12.1 Å². The van der Waals surface area contributed by atoms with E-state index in [1.165, 1.54) is 0 Å². The Morgan fingerprint density at radius 2 is 1.48 bits per heavy atom. The molecule has 0 saturated carbocycles. The van der Waals surface area contributed by atoms with Crippen LogP contribution >= 0.6 is 0 Å². The Bertz CT molecular complexity index is 1100. The van der Waals surface area contributed by atoms with Crippen LogP contribution in [0.1, 0.15) is 36.6 Å². The van der Waals surface area contributed by atoms with E-state index in [-0.39, 0.29) is 23.2 Å². The van der Waals surface area contributed by atoms with Gasteiger partial charge in [-0.1, -0.05) is 85.8 Å². The first kappa shape index (κ1) is 20.4. The van der Waals surface area contributed by atoms with Crippen molar-refractivity contribution in [1.82, 2.24) is 4.90 Å². The fourth-order valence-corrected chi connectivity index (χ4v) is 4.20. The highest BCUT2D eigenvalue weighted by Gasteiger charge is 2.46. The number of carboxylic acids is 1. The van der Waals surface area contributed by atoms with Crippen molar-refractivity contribution in [3.63, 3.8) is 0 Å². The van der Waals surface area contributed by atoms with Crippen LogP contribution in [-0.2, 0) is 9.59 Å². The second-order valence-electron chi connectivity index (χ2n) is 7.45. The molecule has 1 aliphatic rings. The minimum absolute atomic E-state index is 0.0643. The second-order valence-corrected chi connectivity index (χ2v) is 7.45. The first-order valence-electron chi connectivity index (χ1n) is 10.3. The maximum Gasteiger partial charge on any atom is 0.336 e. The van der Waals surface area contributed by atoms with Crippen molar-refractivity contribution in [1.29, 1.82) is 0 Å². The summed E-state index contributed by atoms with van der Waals surface area (Å²) in [6.45, 7) is 2.01. The van der Waals surface area contributed by atoms with Crippen LogP contribution < -0.4 is 5.32 Å². The molecule has 0 saturated heterocycles. The minimum Gasteiger partial charge on any atom is -0.478 e. The van der Waals surface area contributed by atoms with Crippen LogP contribution in [0.25, 0.3) is 0 Å². The summed E-state index contributed by atoms with van der Waals surface area (Å²) in [7, 11) is 0. The van der Waals surface area contributed by atoms with Gasteiger partial charge in [0.2, 0.25) is 0 Å². The molecular formula is C26H24N2O3. The molecule has 5 heteroatoms. The molecule has 3 aromatic carbocycles. The highest BCUT2D eigenvalue weighted by Crippen LogP contribution is 2.44. The summed E-state index contributed by atoms with van der Waals surface area (Å²) in [5, 5.41) is 13.3. The van der Waals surface area contributed by atoms with E-state index < -0.39 is 12.0 Å². The summed E-state index contributed by atoms with van der Waals surface area (Å²) in [5.74, 6) is -1.42. The van der Waals surface area contributed by atoms with Gasteiger partial charge in [-0.15, -0.1) is 0 Å². The van der Waals surface area contributed by atoms with Crippen LogP contribution in [0, 0.1) is 0 Å². The predicted molar refractivity (Wildman–Crippen MR) is 120 cm³/mol. The van der Waals surface area contributed by atoms with Crippen LogP contribution in [0.5, 0.6) is 0 Å². The first-order chi connectivity index (χ1) is 15.1. The van der Waals surface area contributed by atoms with Gasteiger partial charge in [0.15, 0.2) is 0 Å². The number of benzene rings is 3. The third-order valence-electron chi connectivity index (χ3n) is 5.56. The van der Waals surface area contributed by atoms with Gasteiger partial charge in [-0.25, -0.2) is 4.79 Å². The zero-order valence-electron chi connectivity index (χ0n) is 17.2. The molecular weight excluding hydrogens is 388 g/mol. The molecule has 0 aliphatic carbocycles. The number of carbonyl (C=O) groups is 2. The van der Waals surface area contributed by atoms with Crippen molar-refractivity contribution in [3.05, 3.63) is 113 Å². The summed E-state index contributed by atoms with van der Waals surface area (Å²) in [6, 6.07) is 27.3. The van der Waals surface area contributed by atoms with Crippen molar-refractivity contribution in [2.75, 3.05) is 5.32 Å². The van der Waals surface area contributed by atoms with E-state index in [1.807, 2.05) is 97.9 Å². The van der Waals surface area contributed by atoms with Crippen LogP contribution in [0.2, 0.25) is 0 Å². The average molecular weight is 412 g/mol. The van der Waals surface area contributed by atoms with Crippen molar-refractivity contribution in [2.45, 2.75) is 25.4 Å². The lowest BCUT2D eigenvalue weighted by molar-refractivity contribution is -0.133. The highest BCUT2D eigenvalue weighted by molar-refractivity contribution is 6.09. The van der Waals surface area contributed by atoms with E-state index in [1.54, 1.807) is 4.90 Å². The Balaban J connectivity index is 1.87. The van der Waals surface area contributed by atoms with E-state index >= 15 is 0 Å². The molecule has 1 amide bonds. The van der Waals surface area contributed by atoms with Crippen molar-refractivity contribution in [3.8, 4) is 0 Å². The molecule has 31 heavy (non-hydrogen) atoms. The summed E-state index contributed by atoms with van der Waals surface area (Å²) in [6.07, 6.45) is 0.657. The van der Waals surface area contributed by atoms with Gasteiger partial charge in [-0.2, -0.15) is 0 Å². The Morgan fingerprint density at radius 3 is 2.03 bits per heavy atom. The first-order valence-corrected chi connectivity index (χ1v) is 10.3. The number of nitrogens with zero attached hydrogens (tertiary/aromatic N) is 1. The molecule has 156 valence electrons. The van der Waals surface area contributed by atoms with Gasteiger partial charge in [-0.05, 0) is 29.7 Å². The molecule has 5 nitrogen and oxygen atoms in total. The van der Waals surface area contributed by atoms with E-state index in [9.17, 15) is 14.7 Å². The molecule has 0 fully saturated rings. The van der Waals surface area contributed by atoms with Crippen LogP contribution in [0.15, 0.2) is 102 Å². The molecule has 0 aromatic heterocycles. The van der Waals surface area contributed by atoms with E-state index in [2.05, 4.69) is 5.32 Å². The van der Waals surface area contributed by atoms with Gasteiger partial charge in [-0.3, -0.25) is 4.79 Å². The lowest BCUT2D eigenvalue weighted by Gasteiger charge is -2.34. The van der Waals surface area contributed by atoms with Gasteiger partial charge in [0.05, 0.1) is 17.7 Å². The number of carbonyl (C=O) groups excluding carboxylic acids is 1. The number of hydrogen-bond acceptors (Lipinski definition) is 3. The average Bonchev–Trinajstić information content (AvgIpc) is 3.09. The Kier molecular flexibility index (Phi) is 5.85. The quantitative estimate of drug-likeness (QED) is 0.562. The zero-order valence-corrected chi connectivity index (χ0v) is 17.2. The van der Waals surface area contributed by atoms with Crippen LogP contribution in [0.3, 0.4) is 0 Å². The molecule has 0 bridgehead atoms. The number of para-hydroxylation sites is 1. The maximum atomic E-state index is 13.7. The smallest absolute Gasteiger partial charge is 0.336 e. The second kappa shape index (κ2) is 8.88. The fraction of sp³-hybridized carbons (Fsp3) is 0.154. The van der Waals surface area contributed by atoms with Gasteiger partial charge in [0.25, 0.3) is 5.91 Å². The van der Waals surface area contributed by atoms with Crippen molar-refractivity contribution < 1.29 is 14.7 Å². The minimum atomic E-state index is -1.11. The maximum absolute atomic E-state index is 13.7. The number of aliphatic carboxylic acids is 1. The molecule has 0 spiro atoms. The number of hydrogen-bond donors (Lipinski definition) is 2. The number of carboxylic acid groups (broad SMARTS) is 1. The number of nitrogens with one attached hydrogen (secondary N) is 1. The summed E-state index contributed by atoms with van der Waals surface area (Å²) >= 11 is 0. The third kappa shape index (κ3) is 3.94. The Labute approximate surface area is 181 Å². The van der Waals surface area contributed by atoms with E-state index in [0.717, 1.165) is 11.1 Å². The van der Waals surface area contributed by atoms with Gasteiger partial charge < -0.3 is 15.3 Å². The summed E-state index contributed by atoms with van der Waals surface area (Å²) < 4.78 is 0. The molecule has 2 N–H and O–H groups in total. The SMILES string of the molecule is CCC(c1ccccc1)N1C(=O)C(Nc2ccccc2)=C(C(=O)O)C1c1ccccc1. The monoisotopic (exact) mass is 412 g/mol. The number of rotatable bonds is 7. The van der Waals surface area contributed by atoms with Gasteiger partial charge in [0, 0.05) is 5.69 Å². The van der Waals surface area contributed by atoms with Gasteiger partial charge >= 0.3 is 5.97 Å². The normalized spacial score (nSPS) is 17.0. The molecule has 2 atom stereocenters.